The van der Waals surface area contributed by atoms with Crippen LogP contribution in [0.25, 0.3) is 0 Å². The highest BCUT2D eigenvalue weighted by Gasteiger charge is 2.11. The Hall–Kier alpha value is -2.47. The lowest BCUT2D eigenvalue weighted by Crippen LogP contribution is -2.13. The third kappa shape index (κ3) is 4.26. The third-order valence-electron chi connectivity index (χ3n) is 3.41. The molecule has 0 aliphatic carbocycles. The van der Waals surface area contributed by atoms with Gasteiger partial charge in [0.05, 0.1) is 12.8 Å². The second-order valence-corrected chi connectivity index (χ2v) is 6.18. The van der Waals surface area contributed by atoms with Crippen LogP contribution >= 0.6 is 11.3 Å². The zero-order chi connectivity index (χ0) is 16.1. The van der Waals surface area contributed by atoms with Crippen molar-refractivity contribution in [3.63, 3.8) is 0 Å². The fourth-order valence-electron chi connectivity index (χ4n) is 2.18. The maximum absolute atomic E-state index is 11.9. The Balaban J connectivity index is 1.57. The molecule has 0 aliphatic heterocycles. The summed E-state index contributed by atoms with van der Waals surface area (Å²) in [7, 11) is 0. The number of hydrogen-bond donors (Lipinski definition) is 1. The summed E-state index contributed by atoms with van der Waals surface area (Å²) in [6, 6.07) is 12.3. The van der Waals surface area contributed by atoms with E-state index >= 15 is 0 Å². The lowest BCUT2D eigenvalue weighted by Gasteiger charge is -2.00. The van der Waals surface area contributed by atoms with Crippen molar-refractivity contribution in [2.45, 2.75) is 26.2 Å². The molecule has 2 aromatic heterocycles. The molecular formula is C17H17N3O2S. The van der Waals surface area contributed by atoms with Crippen LogP contribution in [0, 0.1) is 0 Å². The number of nitrogens with one attached hydrogen (secondary N) is 1. The molecule has 0 saturated carbocycles. The van der Waals surface area contributed by atoms with E-state index in [0.29, 0.717) is 18.7 Å². The molecule has 118 valence electrons. The summed E-state index contributed by atoms with van der Waals surface area (Å²) in [6.07, 6.45) is 1.88. The van der Waals surface area contributed by atoms with Gasteiger partial charge in [0.15, 0.2) is 0 Å². The normalized spacial score (nSPS) is 10.7. The molecule has 1 aromatic carbocycles. The largest absolute Gasteiger partial charge is 0.407 e. The van der Waals surface area contributed by atoms with E-state index in [9.17, 15) is 4.79 Å². The first-order chi connectivity index (χ1) is 11.2. The number of benzene rings is 1. The van der Waals surface area contributed by atoms with Gasteiger partial charge in [0.2, 0.25) is 11.8 Å². The topological polar surface area (TPSA) is 68.0 Å². The molecule has 3 rings (SSSR count). The van der Waals surface area contributed by atoms with Gasteiger partial charge in [-0.05, 0) is 29.0 Å². The number of aryl methyl sites for hydroxylation is 1. The third-order valence-corrected chi connectivity index (χ3v) is 4.29. The van der Waals surface area contributed by atoms with Gasteiger partial charge in [-0.25, -0.2) is 0 Å². The van der Waals surface area contributed by atoms with Crippen LogP contribution in [0.2, 0.25) is 0 Å². The molecule has 1 amide bonds. The molecule has 0 saturated heterocycles. The molecule has 3 aromatic rings. The summed E-state index contributed by atoms with van der Waals surface area (Å²) in [5.74, 6) is 0.329. The van der Waals surface area contributed by atoms with Gasteiger partial charge >= 0.3 is 6.01 Å². The van der Waals surface area contributed by atoms with Gasteiger partial charge in [-0.3, -0.25) is 10.1 Å². The summed E-state index contributed by atoms with van der Waals surface area (Å²) in [4.78, 5) is 12.9. The SMILES string of the molecule is CCc1ccc(Cc2nnc(NC(=O)Cc3cccs3)o2)cc1. The lowest BCUT2D eigenvalue weighted by atomic mass is 10.1. The molecule has 5 nitrogen and oxygen atoms in total. The molecule has 0 aliphatic rings. The monoisotopic (exact) mass is 327 g/mol. The molecule has 0 unspecified atom stereocenters. The van der Waals surface area contributed by atoms with Crippen LogP contribution in [0.4, 0.5) is 6.01 Å². The zero-order valence-corrected chi connectivity index (χ0v) is 13.6. The van der Waals surface area contributed by atoms with Crippen LogP contribution in [0.3, 0.4) is 0 Å². The van der Waals surface area contributed by atoms with Crippen LogP contribution in [0.5, 0.6) is 0 Å². The van der Waals surface area contributed by atoms with Gasteiger partial charge in [-0.15, -0.1) is 16.4 Å². The second-order valence-electron chi connectivity index (χ2n) is 5.15. The van der Waals surface area contributed by atoms with Crippen molar-refractivity contribution in [2.24, 2.45) is 0 Å². The number of carbonyl (C=O) groups is 1. The van der Waals surface area contributed by atoms with Gasteiger partial charge in [-0.2, -0.15) is 0 Å². The van der Waals surface area contributed by atoms with Crippen LogP contribution in [0.15, 0.2) is 46.2 Å². The molecule has 0 fully saturated rings. The number of aromatic nitrogens is 2. The quantitative estimate of drug-likeness (QED) is 0.753. The van der Waals surface area contributed by atoms with Gasteiger partial charge in [0.25, 0.3) is 0 Å². The van der Waals surface area contributed by atoms with E-state index in [4.69, 9.17) is 4.42 Å². The van der Waals surface area contributed by atoms with E-state index in [1.165, 1.54) is 5.56 Å². The van der Waals surface area contributed by atoms with Gasteiger partial charge in [-0.1, -0.05) is 42.4 Å². The van der Waals surface area contributed by atoms with Gasteiger partial charge in [0.1, 0.15) is 0 Å². The number of carbonyl (C=O) groups excluding carboxylic acids is 1. The number of nitrogens with zero attached hydrogens (tertiary/aromatic N) is 2. The molecule has 6 heteroatoms. The Kier molecular flexibility index (Phi) is 4.83. The van der Waals surface area contributed by atoms with Crippen molar-refractivity contribution in [3.8, 4) is 0 Å². The summed E-state index contributed by atoms with van der Waals surface area (Å²) in [5, 5.41) is 12.4. The van der Waals surface area contributed by atoms with Crippen LogP contribution in [-0.2, 0) is 24.1 Å². The minimum absolute atomic E-state index is 0.145. The predicted octanol–water partition coefficient (Wildman–Crippen LogP) is 3.47. The van der Waals surface area contributed by atoms with E-state index in [-0.39, 0.29) is 11.9 Å². The maximum atomic E-state index is 11.9. The van der Waals surface area contributed by atoms with Gasteiger partial charge in [0, 0.05) is 4.88 Å². The first-order valence-corrected chi connectivity index (χ1v) is 8.33. The summed E-state index contributed by atoms with van der Waals surface area (Å²) in [5.41, 5.74) is 2.39. The molecule has 0 radical (unpaired) electrons. The minimum Gasteiger partial charge on any atom is -0.407 e. The first kappa shape index (κ1) is 15.4. The predicted molar refractivity (Wildman–Crippen MR) is 89.6 cm³/mol. The Morgan fingerprint density at radius 1 is 1.17 bits per heavy atom. The Morgan fingerprint density at radius 3 is 2.65 bits per heavy atom. The maximum Gasteiger partial charge on any atom is 0.322 e. The molecule has 0 spiro atoms. The Morgan fingerprint density at radius 2 is 1.96 bits per heavy atom. The van der Waals surface area contributed by atoms with E-state index in [2.05, 4.69) is 46.7 Å². The van der Waals surface area contributed by atoms with Crippen molar-refractivity contribution in [3.05, 3.63) is 63.7 Å². The average molecular weight is 327 g/mol. The summed E-state index contributed by atoms with van der Waals surface area (Å²) < 4.78 is 5.48. The van der Waals surface area contributed by atoms with Gasteiger partial charge < -0.3 is 4.42 Å². The van der Waals surface area contributed by atoms with E-state index in [1.54, 1.807) is 11.3 Å². The number of thiophene rings is 1. The molecule has 1 N–H and O–H groups in total. The molecule has 23 heavy (non-hydrogen) atoms. The molecule has 0 atom stereocenters. The smallest absolute Gasteiger partial charge is 0.322 e. The van der Waals surface area contributed by atoms with Crippen LogP contribution in [-0.4, -0.2) is 16.1 Å². The summed E-state index contributed by atoms with van der Waals surface area (Å²) >= 11 is 1.54. The fraction of sp³-hybridized carbons (Fsp3) is 0.235. The standard InChI is InChI=1S/C17H17N3O2S/c1-2-12-5-7-13(8-6-12)10-16-19-20-17(22-16)18-15(21)11-14-4-3-9-23-14/h3-9H,2,10-11H2,1H3,(H,18,20,21). The zero-order valence-electron chi connectivity index (χ0n) is 12.8. The van der Waals surface area contributed by atoms with Crippen LogP contribution < -0.4 is 5.32 Å². The number of hydrogen-bond acceptors (Lipinski definition) is 5. The highest BCUT2D eigenvalue weighted by Crippen LogP contribution is 2.14. The Labute approximate surface area is 138 Å². The number of anilines is 1. The number of amides is 1. The lowest BCUT2D eigenvalue weighted by molar-refractivity contribution is -0.115. The summed E-state index contributed by atoms with van der Waals surface area (Å²) in [6.45, 7) is 2.12. The highest BCUT2D eigenvalue weighted by molar-refractivity contribution is 7.10. The molecule has 0 bridgehead atoms. The second kappa shape index (κ2) is 7.19. The first-order valence-electron chi connectivity index (χ1n) is 7.45. The van der Waals surface area contributed by atoms with Crippen molar-refractivity contribution in [1.29, 1.82) is 0 Å². The van der Waals surface area contributed by atoms with E-state index in [1.807, 2.05) is 17.5 Å². The van der Waals surface area contributed by atoms with Crippen molar-refractivity contribution in [2.75, 3.05) is 5.32 Å². The molecule has 2 heterocycles. The van der Waals surface area contributed by atoms with E-state index < -0.39 is 0 Å². The van der Waals surface area contributed by atoms with Crippen LogP contribution in [0.1, 0.15) is 28.8 Å². The molecular weight excluding hydrogens is 310 g/mol. The van der Waals surface area contributed by atoms with Crippen molar-refractivity contribution < 1.29 is 9.21 Å². The fourth-order valence-corrected chi connectivity index (χ4v) is 2.88. The Bertz CT molecular complexity index is 764. The average Bonchev–Trinajstić information content (AvgIpc) is 3.20. The highest BCUT2D eigenvalue weighted by atomic mass is 32.1. The van der Waals surface area contributed by atoms with Crippen molar-refractivity contribution in [1.82, 2.24) is 10.2 Å². The number of rotatable bonds is 6. The minimum atomic E-state index is -0.157. The van der Waals surface area contributed by atoms with Crippen molar-refractivity contribution >= 4 is 23.3 Å². The van der Waals surface area contributed by atoms with E-state index in [0.717, 1.165) is 16.9 Å².